The van der Waals surface area contributed by atoms with Crippen molar-refractivity contribution in [3.63, 3.8) is 0 Å². The van der Waals surface area contributed by atoms with Gasteiger partial charge in [0.1, 0.15) is 0 Å². The van der Waals surface area contributed by atoms with E-state index in [-0.39, 0.29) is 52.0 Å². The molecule has 0 heterocycles. The van der Waals surface area contributed by atoms with E-state index in [1.807, 2.05) is 0 Å². The molecule has 0 atom stereocenters. The number of aryl methyl sites for hydroxylation is 1. The predicted octanol–water partition coefficient (Wildman–Crippen LogP) is 1.37. The Hall–Kier alpha value is -1.31. The molecule has 0 bridgehead atoms. The second kappa shape index (κ2) is 5.72. The van der Waals surface area contributed by atoms with Crippen molar-refractivity contribution in [1.82, 2.24) is 0 Å². The number of hydrogen-bond donors (Lipinski definition) is 1. The van der Waals surface area contributed by atoms with E-state index in [9.17, 15) is 18.0 Å². The van der Waals surface area contributed by atoms with Gasteiger partial charge in [-0.25, -0.2) is 0 Å². The summed E-state index contributed by atoms with van der Waals surface area (Å²) in [6.45, 7) is 1.79. The second-order valence-electron chi connectivity index (χ2n) is 4.89. The molecule has 22 heavy (non-hydrogen) atoms. The van der Waals surface area contributed by atoms with Crippen LogP contribution in [0.5, 0.6) is 0 Å². The summed E-state index contributed by atoms with van der Waals surface area (Å²) in [6.07, 6.45) is 0. The van der Waals surface area contributed by atoms with E-state index >= 15 is 0 Å². The first-order chi connectivity index (χ1) is 9.79. The molecule has 0 amide bonds. The molecule has 0 spiro atoms. The number of fused-ring (bicyclic) bond motifs is 2. The molecule has 0 aliphatic heterocycles. The molecular formula is C15H11NaO5S. The Labute approximate surface area is 149 Å². The van der Waals surface area contributed by atoms with Crippen molar-refractivity contribution < 1.29 is 22.6 Å². The number of hydrogen-bond acceptors (Lipinski definition) is 4. The standard InChI is InChI=1S/C15H10O5S.Na.H/c1-8-2-4-10-12(6-8)15(17)13-7-9(21(18,19)20)3-5-11(13)14(10)16;;/h2-7H,1H3,(H,18,19,20);;. The van der Waals surface area contributed by atoms with Crippen LogP contribution in [0.15, 0.2) is 41.3 Å². The number of ketones is 2. The fourth-order valence-electron chi connectivity index (χ4n) is 2.40. The fraction of sp³-hybridized carbons (Fsp3) is 0.0667. The molecule has 1 aliphatic carbocycles. The van der Waals surface area contributed by atoms with Gasteiger partial charge in [-0.15, -0.1) is 0 Å². The normalized spacial score (nSPS) is 13.2. The average Bonchev–Trinajstić information content (AvgIpc) is 2.43. The van der Waals surface area contributed by atoms with Gasteiger partial charge in [-0.3, -0.25) is 14.1 Å². The maximum atomic E-state index is 12.5. The Kier molecular flexibility index (Phi) is 4.43. The van der Waals surface area contributed by atoms with Gasteiger partial charge in [-0.1, -0.05) is 17.7 Å². The van der Waals surface area contributed by atoms with Gasteiger partial charge in [0.25, 0.3) is 10.1 Å². The van der Waals surface area contributed by atoms with Crippen molar-refractivity contribution in [2.24, 2.45) is 0 Å². The predicted molar refractivity (Wildman–Crippen MR) is 81.4 cm³/mol. The summed E-state index contributed by atoms with van der Waals surface area (Å²) in [5, 5.41) is 0. The monoisotopic (exact) mass is 326 g/mol. The Balaban J connectivity index is 0.00000176. The van der Waals surface area contributed by atoms with Crippen LogP contribution in [0.4, 0.5) is 0 Å². The van der Waals surface area contributed by atoms with Crippen LogP contribution in [0.1, 0.15) is 37.4 Å². The minimum absolute atomic E-state index is 0. The molecule has 0 radical (unpaired) electrons. The van der Waals surface area contributed by atoms with Crippen molar-refractivity contribution in [1.29, 1.82) is 0 Å². The van der Waals surface area contributed by atoms with Gasteiger partial charge in [0.2, 0.25) is 0 Å². The number of carbonyl (C=O) groups excluding carboxylic acids is 2. The van der Waals surface area contributed by atoms with Crippen molar-refractivity contribution in [3.05, 3.63) is 64.2 Å². The Morgan fingerprint density at radius 1 is 0.818 bits per heavy atom. The summed E-state index contributed by atoms with van der Waals surface area (Å²) in [6, 6.07) is 8.32. The molecule has 5 nitrogen and oxygen atoms in total. The van der Waals surface area contributed by atoms with E-state index in [1.165, 1.54) is 6.07 Å². The van der Waals surface area contributed by atoms with Crippen LogP contribution in [-0.2, 0) is 10.1 Å². The molecule has 2 aromatic carbocycles. The van der Waals surface area contributed by atoms with E-state index in [1.54, 1.807) is 25.1 Å². The molecule has 1 aliphatic rings. The SMILES string of the molecule is Cc1ccc2c(c1)C(=O)c1cc(S(=O)(=O)O)ccc1C2=O.[NaH]. The summed E-state index contributed by atoms with van der Waals surface area (Å²) >= 11 is 0. The topological polar surface area (TPSA) is 88.5 Å². The molecule has 1 N–H and O–H groups in total. The quantitative estimate of drug-likeness (QED) is 0.539. The van der Waals surface area contributed by atoms with Crippen LogP contribution in [0.2, 0.25) is 0 Å². The summed E-state index contributed by atoms with van der Waals surface area (Å²) in [4.78, 5) is 24.4. The van der Waals surface area contributed by atoms with Gasteiger partial charge in [0, 0.05) is 22.3 Å². The van der Waals surface area contributed by atoms with Crippen LogP contribution in [0.25, 0.3) is 0 Å². The molecule has 3 rings (SSSR count). The summed E-state index contributed by atoms with van der Waals surface area (Å²) < 4.78 is 31.4. The van der Waals surface area contributed by atoms with E-state index in [4.69, 9.17) is 4.55 Å². The van der Waals surface area contributed by atoms with Crippen molar-refractivity contribution in [2.45, 2.75) is 11.8 Å². The molecule has 7 heteroatoms. The molecule has 0 fully saturated rings. The first kappa shape index (κ1) is 17.1. The first-order valence-corrected chi connectivity index (χ1v) is 7.54. The third-order valence-corrected chi connectivity index (χ3v) is 4.29. The molecule has 0 saturated heterocycles. The zero-order valence-electron chi connectivity index (χ0n) is 11.0. The molecule has 0 aromatic heterocycles. The zero-order chi connectivity index (χ0) is 15.4. The van der Waals surface area contributed by atoms with Crippen LogP contribution >= 0.6 is 0 Å². The maximum absolute atomic E-state index is 12.5. The number of carbonyl (C=O) groups is 2. The van der Waals surface area contributed by atoms with Crippen LogP contribution in [-0.4, -0.2) is 54.1 Å². The second-order valence-corrected chi connectivity index (χ2v) is 6.31. The third kappa shape index (κ3) is 2.68. The van der Waals surface area contributed by atoms with E-state index in [0.717, 1.165) is 17.7 Å². The van der Waals surface area contributed by atoms with Crippen molar-refractivity contribution in [3.8, 4) is 0 Å². The van der Waals surface area contributed by atoms with Gasteiger partial charge in [-0.05, 0) is 31.2 Å². The van der Waals surface area contributed by atoms with Gasteiger partial charge in [0.15, 0.2) is 11.6 Å². The fourth-order valence-corrected chi connectivity index (χ4v) is 2.91. The van der Waals surface area contributed by atoms with Gasteiger partial charge >= 0.3 is 29.6 Å². The average molecular weight is 326 g/mol. The third-order valence-electron chi connectivity index (χ3n) is 3.44. The number of benzene rings is 2. The van der Waals surface area contributed by atoms with Gasteiger partial charge in [0.05, 0.1) is 4.90 Å². The Bertz CT molecular complexity index is 916. The van der Waals surface area contributed by atoms with Crippen LogP contribution < -0.4 is 0 Å². The van der Waals surface area contributed by atoms with Gasteiger partial charge in [-0.2, -0.15) is 8.42 Å². The van der Waals surface area contributed by atoms with Crippen LogP contribution in [0.3, 0.4) is 0 Å². The van der Waals surface area contributed by atoms with E-state index < -0.39 is 20.8 Å². The van der Waals surface area contributed by atoms with Crippen LogP contribution in [0, 0.1) is 6.92 Å². The van der Waals surface area contributed by atoms with Crippen molar-refractivity contribution >= 4 is 51.2 Å². The number of rotatable bonds is 1. The van der Waals surface area contributed by atoms with E-state index in [0.29, 0.717) is 5.56 Å². The summed E-state index contributed by atoms with van der Waals surface area (Å²) in [5.74, 6) is -0.754. The molecule has 2 aromatic rings. The molecule has 0 saturated carbocycles. The van der Waals surface area contributed by atoms with Gasteiger partial charge < -0.3 is 0 Å². The molecule has 108 valence electrons. The Morgan fingerprint density at radius 2 is 1.32 bits per heavy atom. The Morgan fingerprint density at radius 3 is 1.91 bits per heavy atom. The summed E-state index contributed by atoms with van der Waals surface area (Å²) in [5.41, 5.74) is 1.51. The molecular weight excluding hydrogens is 315 g/mol. The van der Waals surface area contributed by atoms with Crippen molar-refractivity contribution in [2.75, 3.05) is 0 Å². The minimum atomic E-state index is -4.43. The first-order valence-electron chi connectivity index (χ1n) is 6.10. The zero-order valence-corrected chi connectivity index (χ0v) is 11.8. The van der Waals surface area contributed by atoms with E-state index in [2.05, 4.69) is 0 Å². The molecule has 0 unspecified atom stereocenters. The summed E-state index contributed by atoms with van der Waals surface area (Å²) in [7, 11) is -4.43.